The van der Waals surface area contributed by atoms with Crippen molar-refractivity contribution in [2.75, 3.05) is 5.75 Å². The third-order valence-electron chi connectivity index (χ3n) is 2.45. The van der Waals surface area contributed by atoms with Gasteiger partial charge >= 0.3 is 5.97 Å². The Kier molecular flexibility index (Phi) is 6.91. The quantitative estimate of drug-likeness (QED) is 0.789. The largest absolute Gasteiger partial charge is 0.480 e. The molecule has 0 rings (SSSR count). The first-order valence-corrected chi connectivity index (χ1v) is 7.55. The summed E-state index contributed by atoms with van der Waals surface area (Å²) in [5.41, 5.74) is 0.0680. The van der Waals surface area contributed by atoms with Gasteiger partial charge in [0, 0.05) is 4.75 Å². The average Bonchev–Trinajstić information content (AvgIpc) is 2.18. The number of carboxylic acid groups (broad SMARTS) is 1. The Balaban J connectivity index is 4.28. The number of amides is 1. The molecule has 4 nitrogen and oxygen atoms in total. The van der Waals surface area contributed by atoms with Crippen molar-refractivity contribution in [3.8, 4) is 0 Å². The molecule has 0 aromatic rings. The molecule has 0 heterocycles. The highest BCUT2D eigenvalue weighted by atomic mass is 32.2. The zero-order valence-corrected chi connectivity index (χ0v) is 13.7. The van der Waals surface area contributed by atoms with Gasteiger partial charge in [-0.25, -0.2) is 4.79 Å². The lowest BCUT2D eigenvalue weighted by atomic mass is 9.88. The van der Waals surface area contributed by atoms with Crippen LogP contribution < -0.4 is 5.32 Å². The van der Waals surface area contributed by atoms with Gasteiger partial charge in [-0.3, -0.25) is 4.79 Å². The first kappa shape index (κ1) is 18.3. The monoisotopic (exact) mass is 289 g/mol. The van der Waals surface area contributed by atoms with E-state index < -0.39 is 12.0 Å². The van der Waals surface area contributed by atoms with E-state index in [1.54, 1.807) is 0 Å². The van der Waals surface area contributed by atoms with E-state index in [1.165, 1.54) is 11.8 Å². The standard InChI is InChI=1S/C14H27NO3S/c1-13(2,3)8-7-10(12(17)18)15-11(16)9-19-14(4,5)6/h10H,7-9H2,1-6H3,(H,15,16)(H,17,18). The average molecular weight is 289 g/mol. The van der Waals surface area contributed by atoms with Crippen LogP contribution in [0.15, 0.2) is 0 Å². The van der Waals surface area contributed by atoms with Crippen molar-refractivity contribution in [3.63, 3.8) is 0 Å². The number of carbonyl (C=O) groups is 2. The molecule has 0 aromatic heterocycles. The van der Waals surface area contributed by atoms with Crippen LogP contribution in [0.5, 0.6) is 0 Å². The molecule has 19 heavy (non-hydrogen) atoms. The van der Waals surface area contributed by atoms with Gasteiger partial charge in [-0.15, -0.1) is 11.8 Å². The van der Waals surface area contributed by atoms with E-state index in [9.17, 15) is 9.59 Å². The van der Waals surface area contributed by atoms with Crippen LogP contribution >= 0.6 is 11.8 Å². The molecule has 1 atom stereocenters. The maximum absolute atomic E-state index is 11.7. The number of hydrogen-bond donors (Lipinski definition) is 2. The Morgan fingerprint density at radius 1 is 1.16 bits per heavy atom. The van der Waals surface area contributed by atoms with Crippen molar-refractivity contribution < 1.29 is 14.7 Å². The first-order chi connectivity index (χ1) is 8.41. The third-order valence-corrected chi connectivity index (χ3v) is 3.73. The van der Waals surface area contributed by atoms with E-state index in [1.807, 2.05) is 20.8 Å². The van der Waals surface area contributed by atoms with Gasteiger partial charge in [0.1, 0.15) is 6.04 Å². The molecule has 0 radical (unpaired) electrons. The van der Waals surface area contributed by atoms with E-state index >= 15 is 0 Å². The summed E-state index contributed by atoms with van der Waals surface area (Å²) >= 11 is 1.51. The molecule has 1 amide bonds. The zero-order chi connectivity index (χ0) is 15.3. The lowest BCUT2D eigenvalue weighted by Gasteiger charge is -2.22. The van der Waals surface area contributed by atoms with Gasteiger partial charge in [0.25, 0.3) is 0 Å². The second-order valence-electron chi connectivity index (χ2n) is 6.96. The molecule has 0 saturated heterocycles. The predicted octanol–water partition coefficient (Wildman–Crippen LogP) is 2.91. The summed E-state index contributed by atoms with van der Waals surface area (Å²) in [6, 6.07) is -0.785. The highest BCUT2D eigenvalue weighted by molar-refractivity contribution is 8.01. The van der Waals surface area contributed by atoms with Crippen molar-refractivity contribution in [1.29, 1.82) is 0 Å². The van der Waals surface area contributed by atoms with Gasteiger partial charge in [-0.05, 0) is 18.3 Å². The highest BCUT2D eigenvalue weighted by Crippen LogP contribution is 2.23. The summed E-state index contributed by atoms with van der Waals surface area (Å²) in [5.74, 6) is -0.873. The van der Waals surface area contributed by atoms with Crippen molar-refractivity contribution in [2.45, 2.75) is 65.2 Å². The van der Waals surface area contributed by atoms with Gasteiger partial charge < -0.3 is 10.4 Å². The van der Waals surface area contributed by atoms with Crippen LogP contribution in [0.4, 0.5) is 0 Å². The molecule has 0 aromatic carbocycles. The maximum atomic E-state index is 11.7. The Bertz CT molecular complexity index is 316. The Hall–Kier alpha value is -0.710. The minimum absolute atomic E-state index is 0.00146. The van der Waals surface area contributed by atoms with Crippen molar-refractivity contribution >= 4 is 23.6 Å². The van der Waals surface area contributed by atoms with Gasteiger partial charge in [0.2, 0.25) is 5.91 Å². The SMILES string of the molecule is CC(C)(C)CCC(NC(=O)CSC(C)(C)C)C(=O)O. The fourth-order valence-electron chi connectivity index (χ4n) is 1.35. The molecular formula is C14H27NO3S. The molecule has 2 N–H and O–H groups in total. The number of nitrogens with one attached hydrogen (secondary N) is 1. The zero-order valence-electron chi connectivity index (χ0n) is 12.9. The molecule has 0 fully saturated rings. The van der Waals surface area contributed by atoms with Gasteiger partial charge in [0.15, 0.2) is 0 Å². The van der Waals surface area contributed by atoms with E-state index in [2.05, 4.69) is 26.1 Å². The number of hydrogen-bond acceptors (Lipinski definition) is 3. The van der Waals surface area contributed by atoms with Crippen molar-refractivity contribution in [2.24, 2.45) is 5.41 Å². The molecular weight excluding hydrogens is 262 g/mol. The summed E-state index contributed by atoms with van der Waals surface area (Å²) in [7, 11) is 0. The van der Waals surface area contributed by atoms with Crippen LogP contribution in [-0.2, 0) is 9.59 Å². The normalized spacial score (nSPS) is 14.0. The second-order valence-corrected chi connectivity index (χ2v) is 8.76. The summed E-state index contributed by atoms with van der Waals surface area (Å²) < 4.78 is 0.00146. The fourth-order valence-corrected chi connectivity index (χ4v) is 2.00. The van der Waals surface area contributed by atoms with E-state index in [4.69, 9.17) is 5.11 Å². The lowest BCUT2D eigenvalue weighted by molar-refractivity contribution is -0.141. The molecule has 0 saturated carbocycles. The van der Waals surface area contributed by atoms with Crippen LogP contribution in [0, 0.1) is 5.41 Å². The van der Waals surface area contributed by atoms with E-state index in [0.29, 0.717) is 12.2 Å². The molecule has 0 aliphatic rings. The van der Waals surface area contributed by atoms with Crippen LogP contribution in [0.3, 0.4) is 0 Å². The molecule has 0 aliphatic heterocycles. The summed E-state index contributed by atoms with van der Waals surface area (Å²) in [6.07, 6.45) is 1.22. The number of thioether (sulfide) groups is 1. The third kappa shape index (κ3) is 10.9. The predicted molar refractivity (Wildman–Crippen MR) is 80.5 cm³/mol. The highest BCUT2D eigenvalue weighted by Gasteiger charge is 2.23. The fraction of sp³-hybridized carbons (Fsp3) is 0.857. The second kappa shape index (κ2) is 7.17. The van der Waals surface area contributed by atoms with Crippen LogP contribution in [0.25, 0.3) is 0 Å². The summed E-state index contributed by atoms with van der Waals surface area (Å²) in [6.45, 7) is 12.3. The maximum Gasteiger partial charge on any atom is 0.326 e. The van der Waals surface area contributed by atoms with Crippen LogP contribution in [0.1, 0.15) is 54.4 Å². The van der Waals surface area contributed by atoms with E-state index in [0.717, 1.165) is 6.42 Å². The molecule has 112 valence electrons. The number of rotatable bonds is 6. The molecule has 1 unspecified atom stereocenters. The van der Waals surface area contributed by atoms with E-state index in [-0.39, 0.29) is 16.1 Å². The van der Waals surface area contributed by atoms with Gasteiger partial charge in [0.05, 0.1) is 5.75 Å². The first-order valence-electron chi connectivity index (χ1n) is 6.57. The Morgan fingerprint density at radius 2 is 1.68 bits per heavy atom. The lowest BCUT2D eigenvalue weighted by Crippen LogP contribution is -2.42. The number of aliphatic carboxylic acids is 1. The topological polar surface area (TPSA) is 66.4 Å². The molecule has 5 heteroatoms. The summed E-state index contributed by atoms with van der Waals surface area (Å²) in [5, 5.41) is 11.7. The Morgan fingerprint density at radius 3 is 2.05 bits per heavy atom. The number of carboxylic acids is 1. The van der Waals surface area contributed by atoms with Crippen molar-refractivity contribution in [3.05, 3.63) is 0 Å². The minimum Gasteiger partial charge on any atom is -0.480 e. The van der Waals surface area contributed by atoms with Gasteiger partial charge in [-0.2, -0.15) is 0 Å². The minimum atomic E-state index is -0.960. The molecule has 0 bridgehead atoms. The van der Waals surface area contributed by atoms with Crippen LogP contribution in [-0.4, -0.2) is 33.5 Å². The molecule has 0 spiro atoms. The Labute approximate surface area is 120 Å². The molecule has 0 aliphatic carbocycles. The number of carbonyl (C=O) groups excluding carboxylic acids is 1. The van der Waals surface area contributed by atoms with Crippen LogP contribution in [0.2, 0.25) is 0 Å². The van der Waals surface area contributed by atoms with Crippen molar-refractivity contribution in [1.82, 2.24) is 5.32 Å². The smallest absolute Gasteiger partial charge is 0.326 e. The summed E-state index contributed by atoms with van der Waals surface area (Å²) in [4.78, 5) is 22.9. The van der Waals surface area contributed by atoms with Gasteiger partial charge in [-0.1, -0.05) is 41.5 Å².